The smallest absolute Gasteiger partial charge is 0.187 e. The molecule has 0 spiro atoms. The maximum Gasteiger partial charge on any atom is 0.187 e. The number of H-pyrrole nitrogens is 1. The summed E-state index contributed by atoms with van der Waals surface area (Å²) in [5.41, 5.74) is 2.10. The number of nitrogens with one attached hydrogen (secondary N) is 1. The minimum Gasteiger partial charge on any atom is -0.349 e. The van der Waals surface area contributed by atoms with Crippen molar-refractivity contribution in [3.8, 4) is 22.9 Å². The molecule has 0 amide bonds. The van der Waals surface area contributed by atoms with Crippen LogP contribution < -0.4 is 4.90 Å². The molecule has 0 radical (unpaired) electrons. The van der Waals surface area contributed by atoms with E-state index in [2.05, 4.69) is 30.2 Å². The Kier molecular flexibility index (Phi) is 4.52. The minimum absolute atomic E-state index is 0.297. The van der Waals surface area contributed by atoms with Gasteiger partial charge in [0, 0.05) is 30.7 Å². The molecule has 9 nitrogen and oxygen atoms in total. The molecule has 1 fully saturated rings. The van der Waals surface area contributed by atoms with E-state index in [-0.39, 0.29) is 6.04 Å². The van der Waals surface area contributed by atoms with Gasteiger partial charge < -0.3 is 4.90 Å². The SMILES string of the molecule is Fc1ccc(F)c([C@H]2CCCN2c2ccn3ncc(-c4n[nH]c(-c5cnccn5)n4)c3n2)c1. The van der Waals surface area contributed by atoms with Crippen molar-refractivity contribution in [3.05, 3.63) is 72.4 Å². The van der Waals surface area contributed by atoms with E-state index < -0.39 is 11.6 Å². The molecule has 1 aromatic carbocycles. The Labute approximate surface area is 186 Å². The predicted molar refractivity (Wildman–Crippen MR) is 115 cm³/mol. The normalized spacial score (nSPS) is 16.1. The Balaban J connectivity index is 1.38. The van der Waals surface area contributed by atoms with Gasteiger partial charge in [0.05, 0.1) is 24.0 Å². The number of hydrogen-bond donors (Lipinski definition) is 1. The summed E-state index contributed by atoms with van der Waals surface area (Å²) < 4.78 is 29.9. The van der Waals surface area contributed by atoms with Gasteiger partial charge in [0.2, 0.25) is 0 Å². The second-order valence-electron chi connectivity index (χ2n) is 7.73. The Morgan fingerprint density at radius 1 is 1.06 bits per heavy atom. The second-order valence-corrected chi connectivity index (χ2v) is 7.73. The average molecular weight is 445 g/mol. The van der Waals surface area contributed by atoms with Crippen molar-refractivity contribution in [2.75, 3.05) is 11.4 Å². The standard InChI is InChI=1S/C22H17F2N9/c23-13-3-4-16(24)14(10-13)18-2-1-8-32(18)19-5-9-33-22(28-19)15(11-27-33)20-29-21(31-30-20)17-12-25-6-7-26-17/h3-7,9-12,18H,1-2,8H2,(H,29,30,31)/t18-/m1/s1. The molecular formula is C22H17F2N9. The van der Waals surface area contributed by atoms with Gasteiger partial charge in [-0.05, 0) is 37.1 Å². The Morgan fingerprint density at radius 2 is 2.00 bits per heavy atom. The molecule has 6 rings (SSSR count). The predicted octanol–water partition coefficient (Wildman–Crippen LogP) is 3.59. The molecule has 1 aliphatic rings. The molecule has 4 aromatic heterocycles. The first-order valence-electron chi connectivity index (χ1n) is 10.4. The zero-order valence-electron chi connectivity index (χ0n) is 17.2. The number of aromatic nitrogens is 8. The zero-order valence-corrected chi connectivity index (χ0v) is 17.2. The average Bonchev–Trinajstić information content (AvgIpc) is 3.60. The van der Waals surface area contributed by atoms with Gasteiger partial charge >= 0.3 is 0 Å². The van der Waals surface area contributed by atoms with Gasteiger partial charge in [0.1, 0.15) is 23.1 Å². The van der Waals surface area contributed by atoms with Crippen LogP contribution in [-0.2, 0) is 0 Å². The van der Waals surface area contributed by atoms with Crippen molar-refractivity contribution in [1.82, 2.24) is 39.7 Å². The second kappa shape index (κ2) is 7.69. The van der Waals surface area contributed by atoms with Gasteiger partial charge in [-0.2, -0.15) is 10.2 Å². The lowest BCUT2D eigenvalue weighted by Crippen LogP contribution is -2.24. The van der Waals surface area contributed by atoms with E-state index in [0.29, 0.717) is 52.9 Å². The lowest BCUT2D eigenvalue weighted by atomic mass is 10.0. The highest BCUT2D eigenvalue weighted by atomic mass is 19.1. The van der Waals surface area contributed by atoms with Crippen molar-refractivity contribution >= 4 is 11.5 Å². The third-order valence-electron chi connectivity index (χ3n) is 5.75. The van der Waals surface area contributed by atoms with Crippen LogP contribution in [-0.4, -0.2) is 46.3 Å². The quantitative estimate of drug-likeness (QED) is 0.451. The molecule has 5 heterocycles. The molecule has 1 aliphatic heterocycles. The number of halogens is 2. The van der Waals surface area contributed by atoms with Crippen LogP contribution >= 0.6 is 0 Å². The fourth-order valence-corrected chi connectivity index (χ4v) is 4.23. The largest absolute Gasteiger partial charge is 0.349 e. The number of benzene rings is 1. The molecule has 5 aromatic rings. The summed E-state index contributed by atoms with van der Waals surface area (Å²) in [5, 5.41) is 11.5. The summed E-state index contributed by atoms with van der Waals surface area (Å²) in [6.07, 6.45) is 9.74. The number of hydrogen-bond acceptors (Lipinski definition) is 7. The molecule has 11 heteroatoms. The Morgan fingerprint density at radius 3 is 2.88 bits per heavy atom. The third-order valence-corrected chi connectivity index (χ3v) is 5.75. The van der Waals surface area contributed by atoms with E-state index in [9.17, 15) is 8.78 Å². The molecule has 0 saturated carbocycles. The van der Waals surface area contributed by atoms with E-state index in [1.165, 1.54) is 12.1 Å². The fourth-order valence-electron chi connectivity index (χ4n) is 4.23. The Bertz CT molecular complexity index is 1450. The molecule has 1 atom stereocenters. The zero-order chi connectivity index (χ0) is 22.4. The number of rotatable bonds is 4. The molecule has 0 bridgehead atoms. The van der Waals surface area contributed by atoms with Crippen molar-refractivity contribution in [3.63, 3.8) is 0 Å². The van der Waals surface area contributed by atoms with Gasteiger partial charge in [-0.15, -0.1) is 0 Å². The van der Waals surface area contributed by atoms with E-state index >= 15 is 0 Å². The van der Waals surface area contributed by atoms with Crippen LogP contribution in [0.1, 0.15) is 24.4 Å². The summed E-state index contributed by atoms with van der Waals surface area (Å²) in [5.74, 6) is 0.680. The third kappa shape index (κ3) is 3.37. The van der Waals surface area contributed by atoms with Gasteiger partial charge in [0.25, 0.3) is 0 Å². The molecule has 164 valence electrons. The molecule has 0 aliphatic carbocycles. The fraction of sp³-hybridized carbons (Fsp3) is 0.182. The first-order valence-corrected chi connectivity index (χ1v) is 10.4. The molecule has 1 saturated heterocycles. The van der Waals surface area contributed by atoms with Gasteiger partial charge in [-0.25, -0.2) is 28.2 Å². The van der Waals surface area contributed by atoms with Gasteiger partial charge in [-0.1, -0.05) is 0 Å². The maximum atomic E-state index is 14.5. The van der Waals surface area contributed by atoms with Crippen molar-refractivity contribution in [2.45, 2.75) is 18.9 Å². The van der Waals surface area contributed by atoms with Crippen LogP contribution in [0.15, 0.2) is 55.2 Å². The highest BCUT2D eigenvalue weighted by Gasteiger charge is 2.30. The lowest BCUT2D eigenvalue weighted by molar-refractivity contribution is 0.560. The molecule has 33 heavy (non-hydrogen) atoms. The lowest BCUT2D eigenvalue weighted by Gasteiger charge is -2.26. The first-order chi connectivity index (χ1) is 16.2. The monoisotopic (exact) mass is 445 g/mol. The summed E-state index contributed by atoms with van der Waals surface area (Å²) >= 11 is 0. The van der Waals surface area contributed by atoms with Crippen LogP contribution in [0, 0.1) is 11.6 Å². The van der Waals surface area contributed by atoms with Crippen molar-refractivity contribution in [2.24, 2.45) is 0 Å². The van der Waals surface area contributed by atoms with Crippen molar-refractivity contribution < 1.29 is 8.78 Å². The Hall–Kier alpha value is -4.28. The number of aromatic amines is 1. The molecular weight excluding hydrogens is 428 g/mol. The van der Waals surface area contributed by atoms with Crippen molar-refractivity contribution in [1.29, 1.82) is 0 Å². The molecule has 0 unspecified atom stereocenters. The molecule has 1 N–H and O–H groups in total. The van der Waals surface area contributed by atoms with E-state index in [1.807, 2.05) is 11.0 Å². The topological polar surface area (TPSA) is 101 Å². The minimum atomic E-state index is -0.455. The van der Waals surface area contributed by atoms with Crippen LogP contribution in [0.25, 0.3) is 28.6 Å². The van der Waals surface area contributed by atoms with E-state index in [0.717, 1.165) is 12.5 Å². The first kappa shape index (κ1) is 19.4. The van der Waals surface area contributed by atoms with E-state index in [4.69, 9.17) is 4.98 Å². The summed E-state index contributed by atoms with van der Waals surface area (Å²) in [7, 11) is 0. The van der Waals surface area contributed by atoms with Crippen LogP contribution in [0.3, 0.4) is 0 Å². The summed E-state index contributed by atoms with van der Waals surface area (Å²) in [4.78, 5) is 19.6. The number of fused-ring (bicyclic) bond motifs is 1. The van der Waals surface area contributed by atoms with Crippen LogP contribution in [0.5, 0.6) is 0 Å². The van der Waals surface area contributed by atoms with Gasteiger partial charge in [0.15, 0.2) is 17.3 Å². The summed E-state index contributed by atoms with van der Waals surface area (Å²) in [6.45, 7) is 0.685. The number of anilines is 1. The highest BCUT2D eigenvalue weighted by molar-refractivity contribution is 5.74. The van der Waals surface area contributed by atoms with Crippen LogP contribution in [0.4, 0.5) is 14.6 Å². The van der Waals surface area contributed by atoms with Crippen LogP contribution in [0.2, 0.25) is 0 Å². The highest BCUT2D eigenvalue weighted by Crippen LogP contribution is 2.37. The summed E-state index contributed by atoms with van der Waals surface area (Å²) in [6, 6.07) is 5.09. The maximum absolute atomic E-state index is 14.5. The van der Waals surface area contributed by atoms with Gasteiger partial charge in [-0.3, -0.25) is 10.1 Å². The van der Waals surface area contributed by atoms with E-state index in [1.54, 1.807) is 35.5 Å². The number of nitrogens with zero attached hydrogens (tertiary/aromatic N) is 8.